The van der Waals surface area contributed by atoms with Crippen LogP contribution < -0.4 is 0 Å². The third-order valence-corrected chi connectivity index (χ3v) is 1.53. The lowest BCUT2D eigenvalue weighted by Crippen LogP contribution is -2.14. The SMILES string of the molecule is CN(COCc1ccccc1)N=O. The second-order valence-electron chi connectivity index (χ2n) is 2.70. The van der Waals surface area contributed by atoms with Crippen molar-refractivity contribution in [3.8, 4) is 0 Å². The molecule has 0 amide bonds. The number of rotatable bonds is 5. The lowest BCUT2D eigenvalue weighted by atomic mass is 10.2. The molecule has 1 rings (SSSR count). The number of hydrogen-bond acceptors (Lipinski definition) is 3. The number of nitrogens with zero attached hydrogens (tertiary/aromatic N) is 2. The van der Waals surface area contributed by atoms with Crippen molar-refractivity contribution < 1.29 is 4.74 Å². The molecule has 70 valence electrons. The van der Waals surface area contributed by atoms with Crippen LogP contribution in [0.15, 0.2) is 35.6 Å². The Labute approximate surface area is 77.1 Å². The summed E-state index contributed by atoms with van der Waals surface area (Å²) in [4.78, 5) is 9.94. The molecule has 0 saturated carbocycles. The minimum atomic E-state index is 0.221. The molecule has 0 N–H and O–H groups in total. The Bertz CT molecular complexity index is 251. The summed E-state index contributed by atoms with van der Waals surface area (Å²) in [7, 11) is 1.57. The Morgan fingerprint density at radius 1 is 1.38 bits per heavy atom. The first-order chi connectivity index (χ1) is 6.33. The predicted octanol–water partition coefficient (Wildman–Crippen LogP) is 1.77. The third-order valence-electron chi connectivity index (χ3n) is 1.53. The van der Waals surface area contributed by atoms with Crippen LogP contribution in [-0.2, 0) is 11.3 Å². The Kier molecular flexibility index (Phi) is 3.92. The van der Waals surface area contributed by atoms with Gasteiger partial charge in [0, 0.05) is 7.05 Å². The topological polar surface area (TPSA) is 41.9 Å². The Morgan fingerprint density at radius 2 is 2.08 bits per heavy atom. The van der Waals surface area contributed by atoms with E-state index in [9.17, 15) is 4.91 Å². The molecule has 1 aromatic carbocycles. The van der Waals surface area contributed by atoms with E-state index in [1.807, 2.05) is 30.3 Å². The van der Waals surface area contributed by atoms with Gasteiger partial charge in [-0.15, -0.1) is 4.91 Å². The molecule has 0 fully saturated rings. The first kappa shape index (κ1) is 9.67. The Balaban J connectivity index is 2.24. The van der Waals surface area contributed by atoms with Crippen molar-refractivity contribution in [1.82, 2.24) is 5.01 Å². The van der Waals surface area contributed by atoms with Crippen LogP contribution in [0.4, 0.5) is 0 Å². The molecule has 4 heteroatoms. The lowest BCUT2D eigenvalue weighted by molar-refractivity contribution is 0.0327. The first-order valence-electron chi connectivity index (χ1n) is 3.99. The standard InChI is InChI=1S/C9H12N2O2/c1-11(10-12)8-13-7-9-5-3-2-4-6-9/h2-6H,7-8H2,1H3. The van der Waals surface area contributed by atoms with Gasteiger partial charge in [-0.1, -0.05) is 30.3 Å². The molecular weight excluding hydrogens is 168 g/mol. The highest BCUT2D eigenvalue weighted by Crippen LogP contribution is 2.00. The second kappa shape index (κ2) is 5.27. The van der Waals surface area contributed by atoms with E-state index in [-0.39, 0.29) is 6.73 Å². The molecule has 0 spiro atoms. The van der Waals surface area contributed by atoms with E-state index in [2.05, 4.69) is 5.29 Å². The average Bonchev–Trinajstić information content (AvgIpc) is 2.19. The molecule has 0 atom stereocenters. The fourth-order valence-corrected chi connectivity index (χ4v) is 0.893. The normalized spacial score (nSPS) is 9.62. The highest BCUT2D eigenvalue weighted by atomic mass is 16.5. The maximum atomic E-state index is 9.94. The zero-order chi connectivity index (χ0) is 9.52. The van der Waals surface area contributed by atoms with Gasteiger partial charge < -0.3 is 4.74 Å². The second-order valence-corrected chi connectivity index (χ2v) is 2.70. The molecule has 13 heavy (non-hydrogen) atoms. The van der Waals surface area contributed by atoms with Crippen LogP contribution in [0.1, 0.15) is 5.56 Å². The lowest BCUT2D eigenvalue weighted by Gasteiger charge is -2.08. The molecule has 0 saturated heterocycles. The van der Waals surface area contributed by atoms with Crippen LogP contribution in [0, 0.1) is 4.91 Å². The monoisotopic (exact) mass is 180 g/mol. The van der Waals surface area contributed by atoms with Crippen molar-refractivity contribution in [2.45, 2.75) is 6.61 Å². The van der Waals surface area contributed by atoms with E-state index in [0.29, 0.717) is 6.61 Å². The van der Waals surface area contributed by atoms with E-state index in [1.165, 1.54) is 5.01 Å². The maximum absolute atomic E-state index is 9.94. The van der Waals surface area contributed by atoms with Gasteiger partial charge in [0.1, 0.15) is 6.73 Å². The van der Waals surface area contributed by atoms with Gasteiger partial charge in [0.2, 0.25) is 0 Å². The smallest absolute Gasteiger partial charge is 0.138 e. The fourth-order valence-electron chi connectivity index (χ4n) is 0.893. The van der Waals surface area contributed by atoms with Crippen molar-refractivity contribution in [1.29, 1.82) is 0 Å². The fraction of sp³-hybridized carbons (Fsp3) is 0.333. The van der Waals surface area contributed by atoms with Gasteiger partial charge in [0.05, 0.1) is 11.9 Å². The van der Waals surface area contributed by atoms with Crippen LogP contribution >= 0.6 is 0 Å². The molecule has 0 aliphatic heterocycles. The van der Waals surface area contributed by atoms with Crippen LogP contribution in [0.3, 0.4) is 0 Å². The Hall–Kier alpha value is -1.42. The number of hydrogen-bond donors (Lipinski definition) is 0. The quantitative estimate of drug-likeness (QED) is 0.394. The summed E-state index contributed by atoms with van der Waals surface area (Å²) in [5.74, 6) is 0. The van der Waals surface area contributed by atoms with Crippen LogP contribution in [0.5, 0.6) is 0 Å². The minimum absolute atomic E-state index is 0.221. The summed E-state index contributed by atoms with van der Waals surface area (Å²) in [6.07, 6.45) is 0. The zero-order valence-corrected chi connectivity index (χ0v) is 7.51. The molecular formula is C9H12N2O2. The van der Waals surface area contributed by atoms with Gasteiger partial charge in [-0.2, -0.15) is 0 Å². The maximum Gasteiger partial charge on any atom is 0.138 e. The third kappa shape index (κ3) is 3.66. The summed E-state index contributed by atoms with van der Waals surface area (Å²) in [5, 5.41) is 3.88. The molecule has 0 bridgehead atoms. The van der Waals surface area contributed by atoms with E-state index < -0.39 is 0 Å². The van der Waals surface area contributed by atoms with Crippen molar-refractivity contribution in [2.24, 2.45) is 5.29 Å². The van der Waals surface area contributed by atoms with Gasteiger partial charge >= 0.3 is 0 Å². The van der Waals surface area contributed by atoms with Gasteiger partial charge in [0.15, 0.2) is 0 Å². The van der Waals surface area contributed by atoms with Gasteiger partial charge in [0.25, 0.3) is 0 Å². The molecule has 0 unspecified atom stereocenters. The van der Waals surface area contributed by atoms with Gasteiger partial charge in [-0.25, -0.2) is 5.01 Å². The van der Waals surface area contributed by atoms with E-state index in [0.717, 1.165) is 5.56 Å². The van der Waals surface area contributed by atoms with Gasteiger partial charge in [-0.05, 0) is 5.56 Å². The van der Waals surface area contributed by atoms with Crippen LogP contribution in [-0.4, -0.2) is 18.8 Å². The molecule has 0 aliphatic rings. The largest absolute Gasteiger partial charge is 0.355 e. The summed E-state index contributed by atoms with van der Waals surface area (Å²) >= 11 is 0. The van der Waals surface area contributed by atoms with E-state index in [1.54, 1.807) is 7.05 Å². The minimum Gasteiger partial charge on any atom is -0.355 e. The highest BCUT2D eigenvalue weighted by molar-refractivity contribution is 5.13. The summed E-state index contributed by atoms with van der Waals surface area (Å²) in [6, 6.07) is 9.77. The van der Waals surface area contributed by atoms with Crippen LogP contribution in [0.2, 0.25) is 0 Å². The molecule has 0 radical (unpaired) electrons. The molecule has 0 aliphatic carbocycles. The molecule has 1 aromatic rings. The van der Waals surface area contributed by atoms with Crippen molar-refractivity contribution in [3.05, 3.63) is 40.8 Å². The average molecular weight is 180 g/mol. The summed E-state index contributed by atoms with van der Waals surface area (Å²) < 4.78 is 5.20. The van der Waals surface area contributed by atoms with E-state index in [4.69, 9.17) is 4.74 Å². The van der Waals surface area contributed by atoms with E-state index >= 15 is 0 Å². The first-order valence-corrected chi connectivity index (χ1v) is 3.99. The highest BCUT2D eigenvalue weighted by Gasteiger charge is 1.94. The Morgan fingerprint density at radius 3 is 2.69 bits per heavy atom. The van der Waals surface area contributed by atoms with Crippen LogP contribution in [0.25, 0.3) is 0 Å². The number of benzene rings is 1. The number of ether oxygens (including phenoxy) is 1. The zero-order valence-electron chi connectivity index (χ0n) is 7.51. The number of nitroso groups, excluding NO2 is 1. The van der Waals surface area contributed by atoms with Gasteiger partial charge in [-0.3, -0.25) is 0 Å². The molecule has 0 aromatic heterocycles. The van der Waals surface area contributed by atoms with Crippen molar-refractivity contribution >= 4 is 0 Å². The molecule has 0 heterocycles. The molecule has 4 nitrogen and oxygen atoms in total. The predicted molar refractivity (Wildman–Crippen MR) is 49.7 cm³/mol. The van der Waals surface area contributed by atoms with Crippen molar-refractivity contribution in [2.75, 3.05) is 13.8 Å². The summed E-state index contributed by atoms with van der Waals surface area (Å²) in [5.41, 5.74) is 1.08. The van der Waals surface area contributed by atoms with Crippen molar-refractivity contribution in [3.63, 3.8) is 0 Å². The summed E-state index contributed by atoms with van der Waals surface area (Å²) in [6.45, 7) is 0.721.